The van der Waals surface area contributed by atoms with Gasteiger partial charge in [0.15, 0.2) is 5.69 Å². The Bertz CT molecular complexity index is 711. The van der Waals surface area contributed by atoms with Gasteiger partial charge in [-0.05, 0) is 43.9 Å². The summed E-state index contributed by atoms with van der Waals surface area (Å²) in [4.78, 5) is 17.6. The molecule has 5 heteroatoms. The first-order valence-corrected chi connectivity index (χ1v) is 8.85. The summed E-state index contributed by atoms with van der Waals surface area (Å²) in [5, 5.41) is 11.5. The van der Waals surface area contributed by atoms with Gasteiger partial charge in [-0.25, -0.2) is 9.78 Å². The second-order valence-corrected chi connectivity index (χ2v) is 7.40. The number of likely N-dealkylation sites (tertiary alicyclic amines) is 1. The van der Waals surface area contributed by atoms with Crippen LogP contribution in [0.5, 0.6) is 0 Å². The summed E-state index contributed by atoms with van der Waals surface area (Å²) in [6, 6.07) is 6.64. The zero-order valence-corrected chi connectivity index (χ0v) is 14.4. The SMILES string of the molecule is Cc1ccc(C)c(CN2CCC(Cc3nc(C(=O)O)cs3)C2)c1. The Morgan fingerprint density at radius 1 is 1.43 bits per heavy atom. The maximum atomic E-state index is 10.9. The van der Waals surface area contributed by atoms with Gasteiger partial charge in [0.1, 0.15) is 0 Å². The van der Waals surface area contributed by atoms with Crippen molar-refractivity contribution in [3.63, 3.8) is 0 Å². The minimum absolute atomic E-state index is 0.176. The maximum Gasteiger partial charge on any atom is 0.355 e. The van der Waals surface area contributed by atoms with E-state index in [1.54, 1.807) is 5.38 Å². The molecule has 0 saturated carbocycles. The number of nitrogens with zero attached hydrogens (tertiary/aromatic N) is 2. The van der Waals surface area contributed by atoms with Crippen LogP contribution in [0.25, 0.3) is 0 Å². The van der Waals surface area contributed by atoms with Crippen molar-refractivity contribution >= 4 is 17.3 Å². The Balaban J connectivity index is 1.57. The number of benzene rings is 1. The van der Waals surface area contributed by atoms with Crippen molar-refractivity contribution < 1.29 is 9.90 Å². The molecule has 1 unspecified atom stereocenters. The fourth-order valence-corrected chi connectivity index (χ4v) is 4.07. The molecule has 2 heterocycles. The third-order valence-corrected chi connectivity index (χ3v) is 5.37. The van der Waals surface area contributed by atoms with Crippen LogP contribution in [0.1, 0.15) is 38.6 Å². The molecule has 1 aromatic carbocycles. The summed E-state index contributed by atoms with van der Waals surface area (Å²) in [6.07, 6.45) is 2.05. The number of aryl methyl sites for hydroxylation is 2. The average molecular weight is 330 g/mol. The minimum Gasteiger partial charge on any atom is -0.476 e. The van der Waals surface area contributed by atoms with Crippen molar-refractivity contribution in [2.24, 2.45) is 5.92 Å². The van der Waals surface area contributed by atoms with Crippen LogP contribution in [-0.2, 0) is 13.0 Å². The van der Waals surface area contributed by atoms with Crippen molar-refractivity contribution in [1.82, 2.24) is 9.88 Å². The summed E-state index contributed by atoms with van der Waals surface area (Å²) in [5.41, 5.74) is 4.25. The predicted molar refractivity (Wildman–Crippen MR) is 92.1 cm³/mol. The van der Waals surface area contributed by atoms with Crippen LogP contribution in [0.4, 0.5) is 0 Å². The first-order valence-electron chi connectivity index (χ1n) is 7.97. The molecule has 1 aliphatic rings. The molecular weight excluding hydrogens is 308 g/mol. The molecule has 3 rings (SSSR count). The second kappa shape index (κ2) is 6.81. The standard InChI is InChI=1S/C18H22N2O2S/c1-12-3-4-13(2)15(7-12)10-20-6-5-14(9-20)8-17-19-16(11-23-17)18(21)22/h3-4,7,11,14H,5-6,8-10H2,1-2H3,(H,21,22). The van der Waals surface area contributed by atoms with Gasteiger partial charge in [0, 0.05) is 24.9 Å². The highest BCUT2D eigenvalue weighted by Gasteiger charge is 2.24. The molecule has 1 atom stereocenters. The highest BCUT2D eigenvalue weighted by Crippen LogP contribution is 2.25. The molecule has 1 fully saturated rings. The van der Waals surface area contributed by atoms with Crippen molar-refractivity contribution in [1.29, 1.82) is 0 Å². The fourth-order valence-electron chi connectivity index (χ4n) is 3.18. The van der Waals surface area contributed by atoms with E-state index in [0.29, 0.717) is 5.92 Å². The van der Waals surface area contributed by atoms with Crippen molar-refractivity contribution in [3.05, 3.63) is 51.0 Å². The molecule has 1 saturated heterocycles. The topological polar surface area (TPSA) is 53.4 Å². The fraction of sp³-hybridized carbons (Fsp3) is 0.444. The highest BCUT2D eigenvalue weighted by molar-refractivity contribution is 7.09. The highest BCUT2D eigenvalue weighted by atomic mass is 32.1. The lowest BCUT2D eigenvalue weighted by Gasteiger charge is -2.17. The zero-order valence-electron chi connectivity index (χ0n) is 13.6. The minimum atomic E-state index is -0.935. The molecule has 0 radical (unpaired) electrons. The second-order valence-electron chi connectivity index (χ2n) is 6.46. The van der Waals surface area contributed by atoms with Gasteiger partial charge in [0.2, 0.25) is 0 Å². The summed E-state index contributed by atoms with van der Waals surface area (Å²) in [5.74, 6) is -0.358. The van der Waals surface area contributed by atoms with E-state index in [-0.39, 0.29) is 5.69 Å². The monoisotopic (exact) mass is 330 g/mol. The average Bonchev–Trinajstić information content (AvgIpc) is 3.13. The van der Waals surface area contributed by atoms with Crippen LogP contribution in [-0.4, -0.2) is 34.0 Å². The Labute approximate surface area is 140 Å². The maximum absolute atomic E-state index is 10.9. The Morgan fingerprint density at radius 2 is 2.26 bits per heavy atom. The molecule has 4 nitrogen and oxygen atoms in total. The van der Waals surface area contributed by atoms with Crippen molar-refractivity contribution in [2.45, 2.75) is 33.2 Å². The Kier molecular flexibility index (Phi) is 4.78. The summed E-state index contributed by atoms with van der Waals surface area (Å²) in [6.45, 7) is 7.48. The lowest BCUT2D eigenvalue weighted by Crippen LogP contribution is -2.21. The van der Waals surface area contributed by atoms with E-state index in [1.165, 1.54) is 28.0 Å². The lowest BCUT2D eigenvalue weighted by atomic mass is 10.0. The van der Waals surface area contributed by atoms with E-state index in [9.17, 15) is 4.79 Å². The Hall–Kier alpha value is -1.72. The number of aromatic nitrogens is 1. The first kappa shape index (κ1) is 16.1. The van der Waals surface area contributed by atoms with Gasteiger partial charge in [0.05, 0.1) is 5.01 Å². The largest absolute Gasteiger partial charge is 0.476 e. The summed E-state index contributed by atoms with van der Waals surface area (Å²) >= 11 is 1.46. The molecule has 1 aliphatic heterocycles. The van der Waals surface area contributed by atoms with Crippen molar-refractivity contribution in [2.75, 3.05) is 13.1 Å². The van der Waals surface area contributed by atoms with E-state index >= 15 is 0 Å². The molecule has 0 aliphatic carbocycles. The first-order chi connectivity index (χ1) is 11.0. The smallest absolute Gasteiger partial charge is 0.355 e. The van der Waals surface area contributed by atoms with Gasteiger partial charge in [-0.3, -0.25) is 4.90 Å². The molecule has 1 aromatic heterocycles. The van der Waals surface area contributed by atoms with E-state index < -0.39 is 5.97 Å². The summed E-state index contributed by atoms with van der Waals surface area (Å²) < 4.78 is 0. The van der Waals surface area contributed by atoms with Crippen LogP contribution in [0.15, 0.2) is 23.6 Å². The molecular formula is C18H22N2O2S. The number of carbonyl (C=O) groups is 1. The molecule has 2 aromatic rings. The van der Waals surface area contributed by atoms with Crippen LogP contribution in [0.3, 0.4) is 0 Å². The van der Waals surface area contributed by atoms with Crippen molar-refractivity contribution in [3.8, 4) is 0 Å². The number of thiazole rings is 1. The molecule has 0 spiro atoms. The molecule has 0 amide bonds. The Morgan fingerprint density at radius 3 is 3.00 bits per heavy atom. The van der Waals surface area contributed by atoms with Crippen LogP contribution >= 0.6 is 11.3 Å². The van der Waals surface area contributed by atoms with E-state index in [0.717, 1.165) is 37.5 Å². The zero-order chi connectivity index (χ0) is 16.4. The summed E-state index contributed by atoms with van der Waals surface area (Å²) in [7, 11) is 0. The van der Waals surface area contributed by atoms with E-state index in [1.807, 2.05) is 0 Å². The molecule has 0 bridgehead atoms. The lowest BCUT2D eigenvalue weighted by molar-refractivity contribution is 0.0691. The number of rotatable bonds is 5. The predicted octanol–water partition coefficient (Wildman–Crippen LogP) is 3.52. The number of aromatic carboxylic acids is 1. The number of hydrogen-bond donors (Lipinski definition) is 1. The number of carboxylic acids is 1. The third-order valence-electron chi connectivity index (χ3n) is 4.50. The van der Waals surface area contributed by atoms with Gasteiger partial charge in [-0.2, -0.15) is 0 Å². The van der Waals surface area contributed by atoms with Gasteiger partial charge < -0.3 is 5.11 Å². The van der Waals surface area contributed by atoms with Gasteiger partial charge in [-0.1, -0.05) is 23.8 Å². The molecule has 122 valence electrons. The van der Waals surface area contributed by atoms with Crippen LogP contribution in [0.2, 0.25) is 0 Å². The quantitative estimate of drug-likeness (QED) is 0.911. The molecule has 1 N–H and O–H groups in total. The van der Waals surface area contributed by atoms with Gasteiger partial charge in [0.25, 0.3) is 0 Å². The van der Waals surface area contributed by atoms with Crippen LogP contribution < -0.4 is 0 Å². The molecule has 23 heavy (non-hydrogen) atoms. The van der Waals surface area contributed by atoms with E-state index in [2.05, 4.69) is 41.9 Å². The van der Waals surface area contributed by atoms with E-state index in [4.69, 9.17) is 5.11 Å². The number of carboxylic acid groups (broad SMARTS) is 1. The van der Waals surface area contributed by atoms with Gasteiger partial charge in [-0.15, -0.1) is 11.3 Å². The number of hydrogen-bond acceptors (Lipinski definition) is 4. The van der Waals surface area contributed by atoms with Crippen LogP contribution in [0, 0.1) is 19.8 Å². The normalized spacial score (nSPS) is 18.4. The third kappa shape index (κ3) is 3.98. The van der Waals surface area contributed by atoms with Gasteiger partial charge >= 0.3 is 5.97 Å².